The van der Waals surface area contributed by atoms with Crippen molar-refractivity contribution in [2.24, 2.45) is 5.73 Å². The Morgan fingerprint density at radius 1 is 0.756 bits per heavy atom. The van der Waals surface area contributed by atoms with E-state index in [1.54, 1.807) is 0 Å². The van der Waals surface area contributed by atoms with Crippen LogP contribution in [0.25, 0.3) is 0 Å². The van der Waals surface area contributed by atoms with Crippen molar-refractivity contribution in [2.45, 2.75) is 49.9 Å². The molecule has 0 aliphatic rings. The van der Waals surface area contributed by atoms with E-state index in [9.17, 15) is 34.2 Å². The number of nitrogens with zero attached hydrogens (tertiary/aromatic N) is 2. The summed E-state index contributed by atoms with van der Waals surface area (Å²) < 4.78 is 0. The summed E-state index contributed by atoms with van der Waals surface area (Å²) in [5.74, 6) is -5.50. The van der Waals surface area contributed by atoms with E-state index in [1.807, 2.05) is 0 Å². The number of carbonyl (C=O) groups excluding carboxylic acids is 3. The monoisotopic (exact) mass is 570 g/mol. The van der Waals surface area contributed by atoms with Gasteiger partial charge in [0.2, 0.25) is 17.7 Å². The number of aromatic amines is 2. The van der Waals surface area contributed by atoms with Crippen LogP contribution in [-0.4, -0.2) is 89.1 Å². The van der Waals surface area contributed by atoms with Crippen molar-refractivity contribution in [2.75, 3.05) is 0 Å². The molecule has 3 rings (SSSR count). The number of phenols is 1. The maximum atomic E-state index is 13.5. The Labute approximate surface area is 232 Å². The number of aromatic hydroxyl groups is 1. The molecule has 0 spiro atoms. The number of nitrogens with two attached hydrogens (primary N) is 1. The zero-order chi connectivity index (χ0) is 29.9. The Bertz CT molecular complexity index is 1330. The number of carbonyl (C=O) groups is 5. The van der Waals surface area contributed by atoms with Gasteiger partial charge in [0, 0.05) is 43.0 Å². The number of rotatable bonds is 15. The Balaban J connectivity index is 1.81. The van der Waals surface area contributed by atoms with Gasteiger partial charge < -0.3 is 47.0 Å². The first-order valence-corrected chi connectivity index (χ1v) is 12.4. The quantitative estimate of drug-likeness (QED) is 0.0984. The molecule has 0 aliphatic carbocycles. The number of amides is 3. The standard InChI is InChI=1S/C25H30N8O8/c26-17(6-14-9-27-11-29-14)22(37)31-19(7-15-10-28-12-30-15)24(39)32-18(5-13-1-3-16(34)4-2-13)23(38)33-20(25(40)41)8-21(35)36/h1-4,9-12,17-20,34H,5-8,26H2,(H,27,29)(H,28,30)(H,31,37)(H,32,39)(H,33,38)(H,35,36)(H,40,41). The molecule has 16 heteroatoms. The van der Waals surface area contributed by atoms with Gasteiger partial charge in [0.05, 0.1) is 25.1 Å². The molecule has 3 aromatic rings. The number of aromatic nitrogens is 4. The van der Waals surface area contributed by atoms with E-state index in [1.165, 1.54) is 49.3 Å². The maximum absolute atomic E-state index is 13.5. The van der Waals surface area contributed by atoms with Gasteiger partial charge in [0.25, 0.3) is 0 Å². The third kappa shape index (κ3) is 9.47. The molecule has 4 unspecified atom stereocenters. The van der Waals surface area contributed by atoms with E-state index in [2.05, 4.69) is 35.9 Å². The SMILES string of the molecule is NC(Cc1cnc[nH]1)C(=O)NC(Cc1cnc[nH]1)C(=O)NC(Cc1ccc(O)cc1)C(=O)NC(CC(=O)O)C(=O)O. The molecule has 2 aromatic heterocycles. The second-order valence-electron chi connectivity index (χ2n) is 9.16. The summed E-state index contributed by atoms with van der Waals surface area (Å²) in [6.07, 6.45) is 4.76. The van der Waals surface area contributed by atoms with Crippen LogP contribution >= 0.6 is 0 Å². The lowest BCUT2D eigenvalue weighted by Crippen LogP contribution is -2.58. The molecular weight excluding hydrogens is 540 g/mol. The van der Waals surface area contributed by atoms with Crippen molar-refractivity contribution in [1.82, 2.24) is 35.9 Å². The average Bonchev–Trinajstić information content (AvgIpc) is 3.63. The molecule has 4 atom stereocenters. The van der Waals surface area contributed by atoms with E-state index in [0.29, 0.717) is 17.0 Å². The van der Waals surface area contributed by atoms with E-state index < -0.39 is 60.2 Å². The summed E-state index contributed by atoms with van der Waals surface area (Å²) in [6, 6.07) is 0.273. The number of hydrogen-bond donors (Lipinski definition) is 9. The molecule has 218 valence electrons. The van der Waals surface area contributed by atoms with Gasteiger partial charge in [-0.1, -0.05) is 12.1 Å². The molecule has 0 aliphatic heterocycles. The lowest BCUT2D eigenvalue weighted by atomic mass is 10.0. The number of carboxylic acids is 2. The Morgan fingerprint density at radius 2 is 1.27 bits per heavy atom. The Hall–Kier alpha value is -5.25. The number of aliphatic carboxylic acids is 2. The highest BCUT2D eigenvalue weighted by molar-refractivity contribution is 5.95. The second kappa shape index (κ2) is 14.2. The van der Waals surface area contributed by atoms with Crippen LogP contribution in [-0.2, 0) is 43.2 Å². The van der Waals surface area contributed by atoms with Gasteiger partial charge >= 0.3 is 11.9 Å². The maximum Gasteiger partial charge on any atom is 0.326 e. The van der Waals surface area contributed by atoms with Crippen molar-refractivity contribution >= 4 is 29.7 Å². The highest BCUT2D eigenvalue weighted by Gasteiger charge is 2.31. The molecule has 0 radical (unpaired) electrons. The molecule has 10 N–H and O–H groups in total. The number of imidazole rings is 2. The first kappa shape index (κ1) is 30.3. The van der Waals surface area contributed by atoms with Gasteiger partial charge in [-0.15, -0.1) is 0 Å². The summed E-state index contributed by atoms with van der Waals surface area (Å²) in [5.41, 5.74) is 7.59. The highest BCUT2D eigenvalue weighted by atomic mass is 16.4. The molecule has 2 heterocycles. The Morgan fingerprint density at radius 3 is 1.78 bits per heavy atom. The molecule has 16 nitrogen and oxygen atoms in total. The molecule has 0 fully saturated rings. The number of phenolic OH excluding ortho intramolecular Hbond substituents is 1. The van der Waals surface area contributed by atoms with E-state index in [4.69, 9.17) is 10.8 Å². The zero-order valence-electron chi connectivity index (χ0n) is 21.6. The van der Waals surface area contributed by atoms with E-state index >= 15 is 0 Å². The largest absolute Gasteiger partial charge is 0.508 e. The first-order chi connectivity index (χ1) is 19.5. The van der Waals surface area contributed by atoms with E-state index in [0.717, 1.165) is 0 Å². The Kier molecular flexibility index (Phi) is 10.5. The minimum atomic E-state index is -1.76. The summed E-state index contributed by atoms with van der Waals surface area (Å²) in [4.78, 5) is 75.5. The van der Waals surface area contributed by atoms with Gasteiger partial charge in [-0.05, 0) is 17.7 Å². The predicted octanol–water partition coefficient (Wildman–Crippen LogP) is -1.79. The molecular formula is C25H30N8O8. The molecule has 1 aromatic carbocycles. The summed E-state index contributed by atoms with van der Waals surface area (Å²) in [7, 11) is 0. The van der Waals surface area contributed by atoms with Gasteiger partial charge in [-0.25, -0.2) is 14.8 Å². The molecule has 0 bridgehead atoms. The van der Waals surface area contributed by atoms with Gasteiger partial charge in [0.15, 0.2) is 0 Å². The topological polar surface area (TPSA) is 266 Å². The predicted molar refractivity (Wildman–Crippen MR) is 140 cm³/mol. The molecule has 0 saturated carbocycles. The third-order valence-corrected chi connectivity index (χ3v) is 5.95. The first-order valence-electron chi connectivity index (χ1n) is 12.4. The minimum Gasteiger partial charge on any atom is -0.508 e. The van der Waals surface area contributed by atoms with Gasteiger partial charge in [-0.3, -0.25) is 19.2 Å². The fourth-order valence-corrected chi connectivity index (χ4v) is 3.83. The van der Waals surface area contributed by atoms with Crippen LogP contribution in [0.5, 0.6) is 5.75 Å². The molecule has 0 saturated heterocycles. The zero-order valence-corrected chi connectivity index (χ0v) is 21.6. The number of hydrogen-bond acceptors (Lipinski definition) is 9. The number of nitrogens with one attached hydrogen (secondary N) is 5. The third-order valence-electron chi connectivity index (χ3n) is 5.95. The van der Waals surface area contributed by atoms with Crippen LogP contribution < -0.4 is 21.7 Å². The molecule has 3 amide bonds. The van der Waals surface area contributed by atoms with Crippen LogP contribution in [0.1, 0.15) is 23.4 Å². The van der Waals surface area contributed by atoms with Crippen molar-refractivity contribution in [3.63, 3.8) is 0 Å². The number of benzene rings is 1. The van der Waals surface area contributed by atoms with Crippen molar-refractivity contribution in [3.8, 4) is 5.75 Å². The number of H-pyrrole nitrogens is 2. The van der Waals surface area contributed by atoms with Crippen LogP contribution in [0.15, 0.2) is 49.3 Å². The second-order valence-corrected chi connectivity index (χ2v) is 9.16. The summed E-state index contributed by atoms with van der Waals surface area (Å²) in [6.45, 7) is 0. The summed E-state index contributed by atoms with van der Waals surface area (Å²) in [5, 5.41) is 35.2. The highest BCUT2D eigenvalue weighted by Crippen LogP contribution is 2.12. The smallest absolute Gasteiger partial charge is 0.326 e. The fourth-order valence-electron chi connectivity index (χ4n) is 3.83. The molecule has 41 heavy (non-hydrogen) atoms. The minimum absolute atomic E-state index is 0.0417. The van der Waals surface area contributed by atoms with Gasteiger partial charge in [-0.2, -0.15) is 0 Å². The van der Waals surface area contributed by atoms with Crippen molar-refractivity contribution in [1.29, 1.82) is 0 Å². The number of carboxylic acid groups (broad SMARTS) is 2. The van der Waals surface area contributed by atoms with Crippen LogP contribution in [0.4, 0.5) is 0 Å². The summed E-state index contributed by atoms with van der Waals surface area (Å²) >= 11 is 0. The van der Waals surface area contributed by atoms with Crippen molar-refractivity contribution < 1.29 is 39.3 Å². The van der Waals surface area contributed by atoms with Crippen LogP contribution in [0.2, 0.25) is 0 Å². The van der Waals surface area contributed by atoms with Crippen LogP contribution in [0.3, 0.4) is 0 Å². The van der Waals surface area contributed by atoms with E-state index in [-0.39, 0.29) is 25.0 Å². The normalized spacial score (nSPS) is 13.8. The van der Waals surface area contributed by atoms with Gasteiger partial charge in [0.1, 0.15) is 23.9 Å². The fraction of sp³-hybridized carbons (Fsp3) is 0.320. The van der Waals surface area contributed by atoms with Crippen LogP contribution in [0, 0.1) is 0 Å². The average molecular weight is 571 g/mol. The van der Waals surface area contributed by atoms with Crippen molar-refractivity contribution in [3.05, 3.63) is 66.3 Å². The lowest BCUT2D eigenvalue weighted by molar-refractivity contribution is -0.147. The lowest BCUT2D eigenvalue weighted by Gasteiger charge is -2.25.